The summed E-state index contributed by atoms with van der Waals surface area (Å²) in [5.74, 6) is 0.0108. The molecule has 86 valence electrons. The molecule has 0 saturated carbocycles. The summed E-state index contributed by atoms with van der Waals surface area (Å²) >= 11 is 0. The van der Waals surface area contributed by atoms with Gasteiger partial charge in [-0.15, -0.1) is 0 Å². The first kappa shape index (κ1) is 12.2. The van der Waals surface area contributed by atoms with Crippen LogP contribution in [0.25, 0.3) is 0 Å². The van der Waals surface area contributed by atoms with Crippen LogP contribution < -0.4 is 4.74 Å². The van der Waals surface area contributed by atoms with Crippen molar-refractivity contribution in [1.82, 2.24) is 0 Å². The summed E-state index contributed by atoms with van der Waals surface area (Å²) in [6.45, 7) is 5.14. The largest absolute Gasteiger partial charge is 0.487 e. The fraction of sp³-hybridized carbons (Fsp3) is 0.364. The molecule has 1 aromatic carbocycles. The van der Waals surface area contributed by atoms with Gasteiger partial charge in [-0.1, -0.05) is 0 Å². The second-order valence-electron chi connectivity index (χ2n) is 3.38. The molecule has 0 atom stereocenters. The van der Waals surface area contributed by atoms with Gasteiger partial charge in [0.25, 0.3) is 0 Å². The third-order valence-electron chi connectivity index (χ3n) is 2.18. The molecule has 0 N–H and O–H groups in total. The van der Waals surface area contributed by atoms with E-state index in [2.05, 4.69) is 0 Å². The lowest BCUT2D eigenvalue weighted by molar-refractivity contribution is -0.385. The summed E-state index contributed by atoms with van der Waals surface area (Å²) < 4.78 is 5.15. The van der Waals surface area contributed by atoms with Crippen LogP contribution >= 0.6 is 0 Å². The normalized spacial score (nSPS) is 9.94. The van der Waals surface area contributed by atoms with E-state index < -0.39 is 4.92 Å². The molecule has 1 rings (SSSR count). The smallest absolute Gasteiger partial charge is 0.311 e. The fourth-order valence-electron chi connectivity index (χ4n) is 1.47. The van der Waals surface area contributed by atoms with Gasteiger partial charge in [0.05, 0.1) is 11.5 Å². The molecule has 0 amide bonds. The lowest BCUT2D eigenvalue weighted by Crippen LogP contribution is -2.02. The van der Waals surface area contributed by atoms with Gasteiger partial charge in [-0.05, 0) is 32.4 Å². The molecule has 0 bridgehead atoms. The predicted octanol–water partition coefficient (Wildman–Crippen LogP) is 2.50. The van der Waals surface area contributed by atoms with E-state index in [0.717, 1.165) is 0 Å². The molecule has 0 fully saturated rings. The number of ketones is 1. The average Bonchev–Trinajstić information content (AvgIpc) is 2.19. The highest BCUT2D eigenvalue weighted by Gasteiger charge is 2.19. The van der Waals surface area contributed by atoms with Gasteiger partial charge in [-0.2, -0.15) is 0 Å². The first-order chi connectivity index (χ1) is 7.47. The highest BCUT2D eigenvalue weighted by molar-refractivity contribution is 5.96. The molecule has 0 heterocycles. The number of hydrogen-bond donors (Lipinski definition) is 0. The molecule has 16 heavy (non-hydrogen) atoms. The van der Waals surface area contributed by atoms with E-state index in [4.69, 9.17) is 4.74 Å². The number of nitro groups is 1. The summed E-state index contributed by atoms with van der Waals surface area (Å²) in [4.78, 5) is 21.5. The highest BCUT2D eigenvalue weighted by atomic mass is 16.6. The summed E-state index contributed by atoms with van der Waals surface area (Å²) in [6, 6.07) is 2.79. The first-order valence-corrected chi connectivity index (χ1v) is 4.90. The van der Waals surface area contributed by atoms with Crippen molar-refractivity contribution in [2.45, 2.75) is 20.8 Å². The number of rotatable bonds is 4. The van der Waals surface area contributed by atoms with Crippen molar-refractivity contribution in [1.29, 1.82) is 0 Å². The molecule has 0 radical (unpaired) electrons. The van der Waals surface area contributed by atoms with Crippen molar-refractivity contribution in [2.24, 2.45) is 0 Å². The molecular formula is C11H13NO4. The summed E-state index contributed by atoms with van der Waals surface area (Å²) in [7, 11) is 0. The van der Waals surface area contributed by atoms with Crippen molar-refractivity contribution in [3.05, 3.63) is 33.4 Å². The standard InChI is InChI=1S/C11H13NO4/c1-4-16-11-6-9(8(3)13)7(2)5-10(11)12(14)15/h5-6H,4H2,1-3H3. The van der Waals surface area contributed by atoms with Crippen LogP contribution in [-0.4, -0.2) is 17.3 Å². The number of carbonyl (C=O) groups is 1. The monoisotopic (exact) mass is 223 g/mol. The molecule has 1 aromatic rings. The summed E-state index contributed by atoms with van der Waals surface area (Å²) in [5.41, 5.74) is 0.932. The van der Waals surface area contributed by atoms with E-state index in [1.54, 1.807) is 13.8 Å². The number of hydrogen-bond acceptors (Lipinski definition) is 4. The van der Waals surface area contributed by atoms with E-state index in [1.807, 2.05) is 0 Å². The van der Waals surface area contributed by atoms with E-state index in [-0.39, 0.29) is 17.2 Å². The fourth-order valence-corrected chi connectivity index (χ4v) is 1.47. The van der Waals surface area contributed by atoms with Crippen LogP contribution in [0.2, 0.25) is 0 Å². The van der Waals surface area contributed by atoms with Crippen LogP contribution in [0.5, 0.6) is 5.75 Å². The Balaban J connectivity index is 3.36. The summed E-state index contributed by atoms with van der Waals surface area (Å²) in [5, 5.41) is 10.8. The van der Waals surface area contributed by atoms with Gasteiger partial charge >= 0.3 is 5.69 Å². The Bertz CT molecular complexity index is 440. The molecule has 5 nitrogen and oxygen atoms in total. The maximum Gasteiger partial charge on any atom is 0.311 e. The van der Waals surface area contributed by atoms with Crippen molar-refractivity contribution in [3.8, 4) is 5.75 Å². The second-order valence-corrected chi connectivity index (χ2v) is 3.38. The molecule has 0 unspecified atom stereocenters. The molecule has 0 aliphatic rings. The number of aryl methyl sites for hydroxylation is 1. The van der Waals surface area contributed by atoms with Gasteiger partial charge in [0.15, 0.2) is 11.5 Å². The lowest BCUT2D eigenvalue weighted by Gasteiger charge is -2.08. The van der Waals surface area contributed by atoms with Crippen molar-refractivity contribution < 1.29 is 14.5 Å². The molecule has 5 heteroatoms. The topological polar surface area (TPSA) is 69.4 Å². The number of nitrogens with zero attached hydrogens (tertiary/aromatic N) is 1. The average molecular weight is 223 g/mol. The lowest BCUT2D eigenvalue weighted by atomic mass is 10.0. The third kappa shape index (κ3) is 2.36. The first-order valence-electron chi connectivity index (χ1n) is 4.90. The Labute approximate surface area is 93.2 Å². The number of benzene rings is 1. The van der Waals surface area contributed by atoms with Crippen molar-refractivity contribution >= 4 is 11.5 Å². The maximum absolute atomic E-state index is 11.3. The number of ether oxygens (including phenoxy) is 1. The zero-order valence-corrected chi connectivity index (χ0v) is 9.44. The Hall–Kier alpha value is -1.91. The van der Waals surface area contributed by atoms with Gasteiger partial charge in [-0.25, -0.2) is 0 Å². The molecule has 0 spiro atoms. The van der Waals surface area contributed by atoms with E-state index in [9.17, 15) is 14.9 Å². The number of Topliss-reactive ketones (excluding diaryl/α,β-unsaturated/α-hetero) is 1. The Morgan fingerprint density at radius 3 is 2.56 bits per heavy atom. The second kappa shape index (κ2) is 4.74. The Morgan fingerprint density at radius 1 is 1.50 bits per heavy atom. The quantitative estimate of drug-likeness (QED) is 0.446. The molecular weight excluding hydrogens is 210 g/mol. The minimum Gasteiger partial charge on any atom is -0.487 e. The zero-order chi connectivity index (χ0) is 12.3. The molecule has 0 aliphatic carbocycles. The van der Waals surface area contributed by atoms with Crippen LogP contribution in [0.3, 0.4) is 0 Å². The van der Waals surface area contributed by atoms with Crippen LogP contribution in [-0.2, 0) is 0 Å². The van der Waals surface area contributed by atoms with Gasteiger partial charge in [0.2, 0.25) is 0 Å². The van der Waals surface area contributed by atoms with Gasteiger partial charge in [0, 0.05) is 11.6 Å². The van der Waals surface area contributed by atoms with E-state index in [1.165, 1.54) is 19.1 Å². The van der Waals surface area contributed by atoms with Crippen molar-refractivity contribution in [2.75, 3.05) is 6.61 Å². The predicted molar refractivity (Wildman–Crippen MR) is 59.0 cm³/mol. The molecule has 0 aromatic heterocycles. The van der Waals surface area contributed by atoms with Gasteiger partial charge in [0.1, 0.15) is 0 Å². The zero-order valence-electron chi connectivity index (χ0n) is 9.44. The van der Waals surface area contributed by atoms with E-state index in [0.29, 0.717) is 17.7 Å². The van der Waals surface area contributed by atoms with Crippen LogP contribution in [0.4, 0.5) is 5.69 Å². The van der Waals surface area contributed by atoms with Gasteiger partial charge in [-0.3, -0.25) is 14.9 Å². The van der Waals surface area contributed by atoms with Gasteiger partial charge < -0.3 is 4.74 Å². The maximum atomic E-state index is 11.3. The number of carbonyl (C=O) groups excluding carboxylic acids is 1. The third-order valence-corrected chi connectivity index (χ3v) is 2.18. The minimum atomic E-state index is -0.512. The molecule has 0 saturated heterocycles. The molecule has 0 aliphatic heterocycles. The minimum absolute atomic E-state index is 0.107. The Kier molecular flexibility index (Phi) is 3.60. The van der Waals surface area contributed by atoms with E-state index >= 15 is 0 Å². The number of nitro benzene ring substituents is 1. The van der Waals surface area contributed by atoms with Crippen LogP contribution in [0.1, 0.15) is 29.8 Å². The SMILES string of the molecule is CCOc1cc(C(C)=O)c(C)cc1[N+](=O)[O-]. The summed E-state index contributed by atoms with van der Waals surface area (Å²) in [6.07, 6.45) is 0. The highest BCUT2D eigenvalue weighted by Crippen LogP contribution is 2.30. The Morgan fingerprint density at radius 2 is 2.12 bits per heavy atom. The van der Waals surface area contributed by atoms with Crippen molar-refractivity contribution in [3.63, 3.8) is 0 Å². The van der Waals surface area contributed by atoms with Crippen LogP contribution in [0.15, 0.2) is 12.1 Å². The van der Waals surface area contributed by atoms with Crippen LogP contribution in [0, 0.1) is 17.0 Å².